The summed E-state index contributed by atoms with van der Waals surface area (Å²) in [6.45, 7) is 1.75. The number of carbonyl (C=O) groups excluding carboxylic acids is 1. The van der Waals surface area contributed by atoms with Gasteiger partial charge in [-0.15, -0.1) is 0 Å². The summed E-state index contributed by atoms with van der Waals surface area (Å²) in [6.07, 6.45) is 0.950. The molecule has 17 heavy (non-hydrogen) atoms. The van der Waals surface area contributed by atoms with Crippen LogP contribution in [0.2, 0.25) is 0 Å². The predicted octanol–water partition coefficient (Wildman–Crippen LogP) is 1.04. The molecule has 1 aromatic rings. The number of nitrogens with one attached hydrogen (secondary N) is 3. The zero-order valence-electron chi connectivity index (χ0n) is 9.36. The Morgan fingerprint density at radius 2 is 2.41 bits per heavy atom. The molecule has 0 saturated carbocycles. The van der Waals surface area contributed by atoms with Gasteiger partial charge < -0.3 is 16.0 Å². The average Bonchev–Trinajstić information content (AvgIpc) is 2.82. The van der Waals surface area contributed by atoms with E-state index in [1.165, 1.54) is 0 Å². The van der Waals surface area contributed by atoms with Crippen LogP contribution in [-0.2, 0) is 0 Å². The molecule has 5 heteroatoms. The van der Waals surface area contributed by atoms with Gasteiger partial charge in [-0.3, -0.25) is 0 Å². The number of hydrogen-bond acceptors (Lipinski definition) is 3. The minimum atomic E-state index is -0.228. The zero-order valence-corrected chi connectivity index (χ0v) is 9.36. The van der Waals surface area contributed by atoms with Crippen molar-refractivity contribution in [2.75, 3.05) is 18.4 Å². The number of nitriles is 1. The number of urea groups is 1. The Morgan fingerprint density at radius 1 is 1.53 bits per heavy atom. The van der Waals surface area contributed by atoms with Crippen molar-refractivity contribution in [2.45, 2.75) is 12.5 Å². The molecule has 3 N–H and O–H groups in total. The molecule has 0 aromatic heterocycles. The van der Waals surface area contributed by atoms with Gasteiger partial charge in [-0.1, -0.05) is 6.07 Å². The first kappa shape index (κ1) is 11.4. The van der Waals surface area contributed by atoms with Gasteiger partial charge in [0, 0.05) is 18.3 Å². The average molecular weight is 230 g/mol. The van der Waals surface area contributed by atoms with E-state index >= 15 is 0 Å². The second-order valence-corrected chi connectivity index (χ2v) is 3.98. The van der Waals surface area contributed by atoms with Gasteiger partial charge in [0.2, 0.25) is 0 Å². The maximum atomic E-state index is 11.6. The number of hydrogen-bond donors (Lipinski definition) is 3. The van der Waals surface area contributed by atoms with E-state index in [1.807, 2.05) is 6.07 Å². The van der Waals surface area contributed by atoms with E-state index in [9.17, 15) is 4.79 Å². The molecule has 1 saturated heterocycles. The predicted molar refractivity (Wildman–Crippen MR) is 64.6 cm³/mol. The van der Waals surface area contributed by atoms with E-state index in [4.69, 9.17) is 5.26 Å². The second kappa shape index (κ2) is 5.32. The monoisotopic (exact) mass is 230 g/mol. The summed E-state index contributed by atoms with van der Waals surface area (Å²) >= 11 is 0. The van der Waals surface area contributed by atoms with Gasteiger partial charge in [0.05, 0.1) is 11.6 Å². The molecule has 0 aliphatic carbocycles. The van der Waals surface area contributed by atoms with Crippen molar-refractivity contribution >= 4 is 11.7 Å². The SMILES string of the molecule is N#Cc1cccc(NC(=O)N[C@@H]2CCNC2)c1. The third kappa shape index (κ3) is 3.20. The third-order valence-electron chi connectivity index (χ3n) is 2.65. The fourth-order valence-corrected chi connectivity index (χ4v) is 1.80. The molecule has 0 radical (unpaired) electrons. The summed E-state index contributed by atoms with van der Waals surface area (Å²) in [6, 6.07) is 8.84. The lowest BCUT2D eigenvalue weighted by Gasteiger charge is -2.12. The van der Waals surface area contributed by atoms with Crippen LogP contribution in [0.15, 0.2) is 24.3 Å². The summed E-state index contributed by atoms with van der Waals surface area (Å²) in [4.78, 5) is 11.6. The van der Waals surface area contributed by atoms with E-state index < -0.39 is 0 Å². The molecule has 88 valence electrons. The van der Waals surface area contributed by atoms with Gasteiger partial charge >= 0.3 is 6.03 Å². The first-order chi connectivity index (χ1) is 8.28. The molecule has 0 bridgehead atoms. The van der Waals surface area contributed by atoms with Crippen molar-refractivity contribution in [3.8, 4) is 6.07 Å². The molecule has 1 aromatic carbocycles. The lowest BCUT2D eigenvalue weighted by atomic mass is 10.2. The molecule has 1 aliphatic rings. The van der Waals surface area contributed by atoms with Crippen LogP contribution >= 0.6 is 0 Å². The van der Waals surface area contributed by atoms with E-state index in [2.05, 4.69) is 16.0 Å². The van der Waals surface area contributed by atoms with E-state index in [0.717, 1.165) is 19.5 Å². The van der Waals surface area contributed by atoms with Crippen molar-refractivity contribution in [3.05, 3.63) is 29.8 Å². The molecule has 1 aliphatic heterocycles. The highest BCUT2D eigenvalue weighted by atomic mass is 16.2. The standard InChI is InChI=1S/C12H14N4O/c13-7-9-2-1-3-10(6-9)15-12(17)16-11-4-5-14-8-11/h1-3,6,11,14H,4-5,8H2,(H2,15,16,17)/t11-/m1/s1. The van der Waals surface area contributed by atoms with E-state index in [0.29, 0.717) is 11.3 Å². The van der Waals surface area contributed by atoms with Crippen LogP contribution in [0.1, 0.15) is 12.0 Å². The topological polar surface area (TPSA) is 77.0 Å². The molecule has 1 heterocycles. The largest absolute Gasteiger partial charge is 0.334 e. The van der Waals surface area contributed by atoms with Crippen molar-refractivity contribution in [3.63, 3.8) is 0 Å². The highest BCUT2D eigenvalue weighted by Gasteiger charge is 2.16. The molecule has 2 amide bonds. The second-order valence-electron chi connectivity index (χ2n) is 3.98. The number of amides is 2. The fraction of sp³-hybridized carbons (Fsp3) is 0.333. The molecule has 0 unspecified atom stereocenters. The molecule has 0 spiro atoms. The van der Waals surface area contributed by atoms with Gasteiger partial charge in [-0.05, 0) is 31.2 Å². The molecule has 5 nitrogen and oxygen atoms in total. The Labute approximate surface area is 99.8 Å². The summed E-state index contributed by atoms with van der Waals surface area (Å²) in [5, 5.41) is 17.5. The summed E-state index contributed by atoms with van der Waals surface area (Å²) in [5.41, 5.74) is 1.16. The normalized spacial score (nSPS) is 18.4. The lowest BCUT2D eigenvalue weighted by Crippen LogP contribution is -2.39. The Hall–Kier alpha value is -2.06. The van der Waals surface area contributed by atoms with Gasteiger partial charge in [-0.2, -0.15) is 5.26 Å². The molecular weight excluding hydrogens is 216 g/mol. The van der Waals surface area contributed by atoms with Crippen molar-refractivity contribution in [2.24, 2.45) is 0 Å². The van der Waals surface area contributed by atoms with Crippen LogP contribution in [0.3, 0.4) is 0 Å². The first-order valence-corrected chi connectivity index (χ1v) is 5.56. The Balaban J connectivity index is 1.91. The van der Waals surface area contributed by atoms with Gasteiger partial charge in [-0.25, -0.2) is 4.79 Å². The minimum Gasteiger partial charge on any atom is -0.334 e. The van der Waals surface area contributed by atoms with Crippen LogP contribution in [0.4, 0.5) is 10.5 Å². The number of anilines is 1. The van der Waals surface area contributed by atoms with Crippen LogP contribution in [0.25, 0.3) is 0 Å². The van der Waals surface area contributed by atoms with Crippen LogP contribution in [0.5, 0.6) is 0 Å². The molecular formula is C12H14N4O. The number of benzene rings is 1. The van der Waals surface area contributed by atoms with Crippen LogP contribution in [-0.4, -0.2) is 25.2 Å². The quantitative estimate of drug-likeness (QED) is 0.710. The summed E-state index contributed by atoms with van der Waals surface area (Å²) in [7, 11) is 0. The maximum absolute atomic E-state index is 11.6. The Morgan fingerprint density at radius 3 is 3.12 bits per heavy atom. The third-order valence-corrected chi connectivity index (χ3v) is 2.65. The first-order valence-electron chi connectivity index (χ1n) is 5.56. The lowest BCUT2D eigenvalue weighted by molar-refractivity contribution is 0.249. The molecule has 2 rings (SSSR count). The highest BCUT2D eigenvalue weighted by molar-refractivity contribution is 5.89. The smallest absolute Gasteiger partial charge is 0.319 e. The fourth-order valence-electron chi connectivity index (χ4n) is 1.80. The minimum absolute atomic E-state index is 0.189. The van der Waals surface area contributed by atoms with E-state index in [1.54, 1.807) is 24.3 Å². The van der Waals surface area contributed by atoms with Crippen molar-refractivity contribution in [1.82, 2.24) is 10.6 Å². The number of carbonyl (C=O) groups is 1. The number of nitrogens with zero attached hydrogens (tertiary/aromatic N) is 1. The van der Waals surface area contributed by atoms with Gasteiger partial charge in [0.1, 0.15) is 0 Å². The van der Waals surface area contributed by atoms with Crippen LogP contribution < -0.4 is 16.0 Å². The number of rotatable bonds is 2. The van der Waals surface area contributed by atoms with Gasteiger partial charge in [0.15, 0.2) is 0 Å². The highest BCUT2D eigenvalue weighted by Crippen LogP contribution is 2.09. The van der Waals surface area contributed by atoms with Crippen molar-refractivity contribution in [1.29, 1.82) is 5.26 Å². The Kier molecular flexibility index (Phi) is 3.58. The van der Waals surface area contributed by atoms with Crippen LogP contribution in [0, 0.1) is 11.3 Å². The maximum Gasteiger partial charge on any atom is 0.319 e. The Bertz CT molecular complexity index is 446. The van der Waals surface area contributed by atoms with Crippen molar-refractivity contribution < 1.29 is 4.79 Å². The molecule has 1 fully saturated rings. The zero-order chi connectivity index (χ0) is 12.1. The van der Waals surface area contributed by atoms with E-state index in [-0.39, 0.29) is 12.1 Å². The summed E-state index contributed by atoms with van der Waals surface area (Å²) < 4.78 is 0. The van der Waals surface area contributed by atoms with Gasteiger partial charge in [0.25, 0.3) is 0 Å². The molecule has 1 atom stereocenters. The summed E-state index contributed by atoms with van der Waals surface area (Å²) in [5.74, 6) is 0.